The van der Waals surface area contributed by atoms with Crippen molar-refractivity contribution in [3.8, 4) is 0 Å². The fourth-order valence-corrected chi connectivity index (χ4v) is 3.23. The quantitative estimate of drug-likeness (QED) is 0.633. The molecule has 1 saturated heterocycles. The molecule has 0 aromatic carbocycles. The fourth-order valence-electron chi connectivity index (χ4n) is 3.23. The van der Waals surface area contributed by atoms with Gasteiger partial charge in [0, 0.05) is 19.0 Å². The van der Waals surface area contributed by atoms with Crippen LogP contribution in [0.15, 0.2) is 12.2 Å². The van der Waals surface area contributed by atoms with Gasteiger partial charge in [-0.05, 0) is 40.5 Å². The second-order valence-corrected chi connectivity index (χ2v) is 7.57. The first kappa shape index (κ1) is 17.8. The zero-order valence-corrected chi connectivity index (χ0v) is 14.4. The van der Waals surface area contributed by atoms with Crippen LogP contribution in [-0.4, -0.2) is 53.5 Å². The lowest BCUT2D eigenvalue weighted by Gasteiger charge is -2.51. The summed E-state index contributed by atoms with van der Waals surface area (Å²) in [5, 5.41) is 10.7. The van der Waals surface area contributed by atoms with E-state index in [2.05, 4.69) is 6.58 Å². The fraction of sp³-hybridized carbons (Fsp3) is 0.765. The average Bonchev–Trinajstić information content (AvgIpc) is 2.30. The summed E-state index contributed by atoms with van der Waals surface area (Å²) in [4.78, 5) is 25.7. The van der Waals surface area contributed by atoms with E-state index in [0.717, 1.165) is 5.57 Å². The molecule has 1 saturated carbocycles. The van der Waals surface area contributed by atoms with E-state index < -0.39 is 17.1 Å². The Bertz CT molecular complexity index is 494. The molecule has 2 rings (SSSR count). The van der Waals surface area contributed by atoms with Crippen molar-refractivity contribution in [1.29, 1.82) is 0 Å². The lowest BCUT2D eigenvalue weighted by atomic mass is 9.59. The molecule has 6 heteroatoms. The molecule has 23 heavy (non-hydrogen) atoms. The normalized spacial score (nSPS) is 22.0. The maximum Gasteiger partial charge on any atom is 0.410 e. The van der Waals surface area contributed by atoms with Gasteiger partial charge in [-0.15, -0.1) is 0 Å². The third kappa shape index (κ3) is 3.52. The van der Waals surface area contributed by atoms with E-state index in [-0.39, 0.29) is 24.6 Å². The molecule has 1 unspecified atom stereocenters. The molecule has 1 amide bonds. The van der Waals surface area contributed by atoms with E-state index in [1.54, 1.807) is 11.8 Å². The first-order valence-electron chi connectivity index (χ1n) is 8.09. The Kier molecular flexibility index (Phi) is 4.76. The SMILES string of the molecule is C=C1CC(C(=O)OCC)(C(O)C2CN(C(=O)OC(C)(C)C)C2)C1. The predicted molar refractivity (Wildman–Crippen MR) is 84.7 cm³/mol. The van der Waals surface area contributed by atoms with Crippen molar-refractivity contribution in [1.82, 2.24) is 4.90 Å². The minimum Gasteiger partial charge on any atom is -0.465 e. The summed E-state index contributed by atoms with van der Waals surface area (Å²) in [7, 11) is 0. The molecule has 0 radical (unpaired) electrons. The molecule has 0 aromatic rings. The van der Waals surface area contributed by atoms with Crippen LogP contribution in [0.5, 0.6) is 0 Å². The predicted octanol–water partition coefficient (Wildman–Crippen LogP) is 2.11. The Morgan fingerprint density at radius 3 is 2.39 bits per heavy atom. The third-order valence-corrected chi connectivity index (χ3v) is 4.39. The molecule has 2 aliphatic rings. The van der Waals surface area contributed by atoms with Crippen molar-refractivity contribution in [2.24, 2.45) is 11.3 Å². The van der Waals surface area contributed by atoms with Crippen molar-refractivity contribution in [2.45, 2.75) is 52.2 Å². The van der Waals surface area contributed by atoms with Crippen LogP contribution in [0.3, 0.4) is 0 Å². The molecule has 130 valence electrons. The number of nitrogens with zero attached hydrogens (tertiary/aromatic N) is 1. The standard InChI is InChI=1S/C17H27NO5/c1-6-22-14(20)17(7-11(2)8-17)13(19)12-9-18(10-12)15(21)23-16(3,4)5/h12-13,19H,2,6-10H2,1,3-5H3. The van der Waals surface area contributed by atoms with Gasteiger partial charge in [0.25, 0.3) is 0 Å². The number of amides is 1. The number of ether oxygens (including phenoxy) is 2. The Morgan fingerprint density at radius 2 is 1.96 bits per heavy atom. The molecule has 1 atom stereocenters. The molecule has 0 bridgehead atoms. The summed E-state index contributed by atoms with van der Waals surface area (Å²) in [5.74, 6) is -0.504. The first-order valence-corrected chi connectivity index (χ1v) is 8.09. The van der Waals surface area contributed by atoms with Crippen LogP contribution in [0.1, 0.15) is 40.5 Å². The molecule has 1 aliphatic carbocycles. The highest BCUT2D eigenvalue weighted by atomic mass is 16.6. The van der Waals surface area contributed by atoms with Gasteiger partial charge in [0.15, 0.2) is 0 Å². The topological polar surface area (TPSA) is 76.1 Å². The number of allylic oxidation sites excluding steroid dienone is 1. The maximum absolute atomic E-state index is 12.3. The summed E-state index contributed by atoms with van der Waals surface area (Å²) < 4.78 is 10.4. The van der Waals surface area contributed by atoms with Gasteiger partial charge in [0.1, 0.15) is 11.0 Å². The molecule has 0 spiro atoms. The zero-order valence-electron chi connectivity index (χ0n) is 14.4. The lowest BCUT2D eigenvalue weighted by molar-refractivity contribution is -0.175. The van der Waals surface area contributed by atoms with Crippen molar-refractivity contribution >= 4 is 12.1 Å². The van der Waals surface area contributed by atoms with Gasteiger partial charge in [-0.25, -0.2) is 4.79 Å². The minimum absolute atomic E-state index is 0.139. The lowest BCUT2D eigenvalue weighted by Crippen LogP contribution is -2.62. The van der Waals surface area contributed by atoms with Crippen molar-refractivity contribution in [2.75, 3.05) is 19.7 Å². The van der Waals surface area contributed by atoms with Crippen LogP contribution in [0.4, 0.5) is 4.79 Å². The second kappa shape index (κ2) is 6.15. The van der Waals surface area contributed by atoms with Crippen LogP contribution in [0.25, 0.3) is 0 Å². The Morgan fingerprint density at radius 1 is 1.39 bits per heavy atom. The number of hydrogen-bond acceptors (Lipinski definition) is 5. The number of likely N-dealkylation sites (tertiary alicyclic amines) is 1. The Balaban J connectivity index is 1.94. The third-order valence-electron chi connectivity index (χ3n) is 4.39. The highest BCUT2D eigenvalue weighted by molar-refractivity contribution is 5.80. The number of carbonyl (C=O) groups is 2. The highest BCUT2D eigenvalue weighted by Crippen LogP contribution is 2.51. The smallest absolute Gasteiger partial charge is 0.410 e. The van der Waals surface area contributed by atoms with Gasteiger partial charge in [-0.3, -0.25) is 4.79 Å². The van der Waals surface area contributed by atoms with Crippen LogP contribution in [0.2, 0.25) is 0 Å². The maximum atomic E-state index is 12.3. The summed E-state index contributed by atoms with van der Waals surface area (Å²) >= 11 is 0. The van der Waals surface area contributed by atoms with E-state index in [1.807, 2.05) is 20.8 Å². The molecule has 1 N–H and O–H groups in total. The van der Waals surface area contributed by atoms with E-state index in [4.69, 9.17) is 9.47 Å². The Labute approximate surface area is 137 Å². The van der Waals surface area contributed by atoms with E-state index >= 15 is 0 Å². The zero-order chi connectivity index (χ0) is 17.4. The number of aliphatic hydroxyl groups excluding tert-OH is 1. The highest BCUT2D eigenvalue weighted by Gasteiger charge is 2.57. The molecule has 0 aromatic heterocycles. The van der Waals surface area contributed by atoms with Crippen LogP contribution in [-0.2, 0) is 14.3 Å². The van der Waals surface area contributed by atoms with Crippen molar-refractivity contribution in [3.63, 3.8) is 0 Å². The molecule has 1 aliphatic heterocycles. The molecule has 1 heterocycles. The van der Waals surface area contributed by atoms with Gasteiger partial charge in [-0.1, -0.05) is 12.2 Å². The van der Waals surface area contributed by atoms with Crippen molar-refractivity contribution in [3.05, 3.63) is 12.2 Å². The van der Waals surface area contributed by atoms with Gasteiger partial charge in [0.2, 0.25) is 0 Å². The molecular formula is C17H27NO5. The Hall–Kier alpha value is -1.56. The first-order chi connectivity index (χ1) is 10.6. The summed E-state index contributed by atoms with van der Waals surface area (Å²) in [5.41, 5.74) is -0.489. The molecule has 2 fully saturated rings. The summed E-state index contributed by atoms with van der Waals surface area (Å²) in [6.45, 7) is 12.1. The minimum atomic E-state index is -0.891. The van der Waals surface area contributed by atoms with Gasteiger partial charge in [0.05, 0.1) is 12.7 Å². The number of hydrogen-bond donors (Lipinski definition) is 1. The van der Waals surface area contributed by atoms with Crippen LogP contribution in [0, 0.1) is 11.3 Å². The average molecular weight is 325 g/mol. The number of aliphatic hydroxyl groups is 1. The molecular weight excluding hydrogens is 298 g/mol. The van der Waals surface area contributed by atoms with E-state index in [0.29, 0.717) is 25.9 Å². The number of esters is 1. The van der Waals surface area contributed by atoms with Gasteiger partial charge < -0.3 is 19.5 Å². The van der Waals surface area contributed by atoms with E-state index in [1.165, 1.54) is 0 Å². The summed E-state index contributed by atoms with van der Waals surface area (Å²) in [6, 6.07) is 0. The van der Waals surface area contributed by atoms with E-state index in [9.17, 15) is 14.7 Å². The molecule has 6 nitrogen and oxygen atoms in total. The van der Waals surface area contributed by atoms with Crippen LogP contribution < -0.4 is 0 Å². The summed E-state index contributed by atoms with van der Waals surface area (Å²) in [6.07, 6.45) is -0.304. The monoisotopic (exact) mass is 325 g/mol. The number of rotatable bonds is 4. The van der Waals surface area contributed by atoms with Gasteiger partial charge >= 0.3 is 12.1 Å². The van der Waals surface area contributed by atoms with Crippen molar-refractivity contribution < 1.29 is 24.2 Å². The van der Waals surface area contributed by atoms with Crippen LogP contribution >= 0.6 is 0 Å². The largest absolute Gasteiger partial charge is 0.465 e. The number of carbonyl (C=O) groups excluding carboxylic acids is 2. The van der Waals surface area contributed by atoms with Gasteiger partial charge in [-0.2, -0.15) is 0 Å². The second-order valence-electron chi connectivity index (χ2n) is 7.57.